The summed E-state index contributed by atoms with van der Waals surface area (Å²) in [6, 6.07) is 6.41. The Morgan fingerprint density at radius 3 is 2.65 bits per heavy atom. The Hall–Kier alpha value is -0.0500. The summed E-state index contributed by atoms with van der Waals surface area (Å²) in [4.78, 5) is 0. The molecule has 1 N–H and O–H groups in total. The van der Waals surface area contributed by atoms with E-state index >= 15 is 0 Å². The molecule has 0 radical (unpaired) electrons. The summed E-state index contributed by atoms with van der Waals surface area (Å²) >= 11 is 9.81. The van der Waals surface area contributed by atoms with Crippen LogP contribution >= 0.6 is 27.5 Å². The fourth-order valence-electron chi connectivity index (χ4n) is 1.92. The van der Waals surface area contributed by atoms with Gasteiger partial charge < -0.3 is 5.32 Å². The minimum absolute atomic E-state index is 0.347. The standard InChI is InChI=1S/C14H21BrClN/c1-4-10(3)8-14(17-5-2)12-9-11(15)6-7-13(12)16/h6-7,9-10,14,17H,4-5,8H2,1-3H3. The highest BCUT2D eigenvalue weighted by atomic mass is 79.9. The third-order valence-corrected chi connectivity index (χ3v) is 3.96. The van der Waals surface area contributed by atoms with Crippen LogP contribution in [0.5, 0.6) is 0 Å². The first-order chi connectivity index (χ1) is 8.08. The molecule has 2 unspecified atom stereocenters. The van der Waals surface area contributed by atoms with Crippen LogP contribution < -0.4 is 5.32 Å². The van der Waals surface area contributed by atoms with E-state index in [9.17, 15) is 0 Å². The molecule has 0 aliphatic heterocycles. The summed E-state index contributed by atoms with van der Waals surface area (Å²) in [6.07, 6.45) is 2.33. The molecule has 0 saturated heterocycles. The average molecular weight is 319 g/mol. The van der Waals surface area contributed by atoms with Crippen LogP contribution in [0.1, 0.15) is 45.2 Å². The number of benzene rings is 1. The van der Waals surface area contributed by atoms with E-state index in [-0.39, 0.29) is 0 Å². The van der Waals surface area contributed by atoms with Crippen LogP contribution in [-0.2, 0) is 0 Å². The van der Waals surface area contributed by atoms with E-state index in [0.29, 0.717) is 12.0 Å². The lowest BCUT2D eigenvalue weighted by Gasteiger charge is -2.22. The second-order valence-electron chi connectivity index (χ2n) is 4.53. The number of rotatable bonds is 6. The molecule has 0 aromatic heterocycles. The predicted molar refractivity (Wildman–Crippen MR) is 79.6 cm³/mol. The van der Waals surface area contributed by atoms with Crippen molar-refractivity contribution in [2.24, 2.45) is 5.92 Å². The highest BCUT2D eigenvalue weighted by Crippen LogP contribution is 2.30. The quantitative estimate of drug-likeness (QED) is 0.761. The highest BCUT2D eigenvalue weighted by Gasteiger charge is 2.16. The average Bonchev–Trinajstić information content (AvgIpc) is 2.31. The summed E-state index contributed by atoms with van der Waals surface area (Å²) in [5, 5.41) is 4.38. The van der Waals surface area contributed by atoms with Crippen molar-refractivity contribution in [2.75, 3.05) is 6.54 Å². The van der Waals surface area contributed by atoms with Gasteiger partial charge in [-0.05, 0) is 42.6 Å². The largest absolute Gasteiger partial charge is 0.310 e. The topological polar surface area (TPSA) is 12.0 Å². The van der Waals surface area contributed by atoms with Crippen LogP contribution in [0.2, 0.25) is 5.02 Å². The molecule has 0 amide bonds. The molecule has 17 heavy (non-hydrogen) atoms. The third-order valence-electron chi connectivity index (χ3n) is 3.12. The van der Waals surface area contributed by atoms with Crippen molar-refractivity contribution >= 4 is 27.5 Å². The van der Waals surface area contributed by atoms with Gasteiger partial charge in [-0.3, -0.25) is 0 Å². The van der Waals surface area contributed by atoms with E-state index in [1.165, 1.54) is 12.0 Å². The van der Waals surface area contributed by atoms with Gasteiger partial charge >= 0.3 is 0 Å². The van der Waals surface area contributed by atoms with Gasteiger partial charge in [0.05, 0.1) is 0 Å². The van der Waals surface area contributed by atoms with Crippen LogP contribution in [0, 0.1) is 5.92 Å². The molecule has 0 heterocycles. The van der Waals surface area contributed by atoms with Crippen LogP contribution in [0.4, 0.5) is 0 Å². The molecule has 0 saturated carbocycles. The molecule has 1 aromatic carbocycles. The molecular formula is C14H21BrClN. The van der Waals surface area contributed by atoms with E-state index in [1.807, 2.05) is 12.1 Å². The van der Waals surface area contributed by atoms with E-state index < -0.39 is 0 Å². The normalized spacial score (nSPS) is 14.6. The number of nitrogens with one attached hydrogen (secondary N) is 1. The zero-order valence-corrected chi connectivity index (χ0v) is 13.1. The molecule has 0 fully saturated rings. The molecule has 1 rings (SSSR count). The lowest BCUT2D eigenvalue weighted by atomic mass is 9.94. The Morgan fingerprint density at radius 2 is 2.06 bits per heavy atom. The van der Waals surface area contributed by atoms with Crippen molar-refractivity contribution in [3.05, 3.63) is 33.3 Å². The second kappa shape index (κ2) is 7.40. The lowest BCUT2D eigenvalue weighted by Crippen LogP contribution is -2.23. The second-order valence-corrected chi connectivity index (χ2v) is 5.85. The fraction of sp³-hybridized carbons (Fsp3) is 0.571. The maximum atomic E-state index is 6.29. The van der Waals surface area contributed by atoms with Gasteiger partial charge in [0.15, 0.2) is 0 Å². The van der Waals surface area contributed by atoms with Gasteiger partial charge in [-0.1, -0.05) is 54.7 Å². The van der Waals surface area contributed by atoms with E-state index in [4.69, 9.17) is 11.6 Å². The number of hydrogen-bond acceptors (Lipinski definition) is 1. The molecule has 0 bridgehead atoms. The molecular weight excluding hydrogens is 298 g/mol. The van der Waals surface area contributed by atoms with Gasteiger partial charge in [0.1, 0.15) is 0 Å². The van der Waals surface area contributed by atoms with Crippen LogP contribution in [-0.4, -0.2) is 6.54 Å². The Kier molecular flexibility index (Phi) is 6.53. The van der Waals surface area contributed by atoms with Crippen LogP contribution in [0.25, 0.3) is 0 Å². The molecule has 1 aromatic rings. The molecule has 0 aliphatic carbocycles. The Labute approximate surface area is 118 Å². The summed E-state index contributed by atoms with van der Waals surface area (Å²) in [5.74, 6) is 0.703. The summed E-state index contributed by atoms with van der Waals surface area (Å²) in [7, 11) is 0. The van der Waals surface area contributed by atoms with Gasteiger partial charge in [0.25, 0.3) is 0 Å². The van der Waals surface area contributed by atoms with Gasteiger partial charge in [-0.15, -0.1) is 0 Å². The highest BCUT2D eigenvalue weighted by molar-refractivity contribution is 9.10. The van der Waals surface area contributed by atoms with E-state index in [1.54, 1.807) is 0 Å². The molecule has 96 valence electrons. The van der Waals surface area contributed by atoms with Crippen molar-refractivity contribution in [1.82, 2.24) is 5.32 Å². The summed E-state index contributed by atoms with van der Waals surface area (Å²) in [6.45, 7) is 7.62. The van der Waals surface area contributed by atoms with Crippen molar-refractivity contribution in [2.45, 2.75) is 39.7 Å². The maximum Gasteiger partial charge on any atom is 0.0454 e. The lowest BCUT2D eigenvalue weighted by molar-refractivity contribution is 0.408. The first-order valence-electron chi connectivity index (χ1n) is 6.26. The first-order valence-corrected chi connectivity index (χ1v) is 7.43. The Bertz CT molecular complexity index is 354. The molecule has 0 aliphatic rings. The van der Waals surface area contributed by atoms with Crippen molar-refractivity contribution in [3.8, 4) is 0 Å². The minimum Gasteiger partial charge on any atom is -0.310 e. The minimum atomic E-state index is 0.347. The Morgan fingerprint density at radius 1 is 1.35 bits per heavy atom. The summed E-state index contributed by atoms with van der Waals surface area (Å²) < 4.78 is 1.09. The zero-order valence-electron chi connectivity index (χ0n) is 10.8. The SMILES string of the molecule is CCNC(CC(C)CC)c1cc(Br)ccc1Cl. The van der Waals surface area contributed by atoms with Gasteiger partial charge in [-0.2, -0.15) is 0 Å². The summed E-state index contributed by atoms with van der Waals surface area (Å²) in [5.41, 5.74) is 1.20. The smallest absolute Gasteiger partial charge is 0.0454 e. The molecule has 2 atom stereocenters. The van der Waals surface area contributed by atoms with E-state index in [2.05, 4.69) is 48.1 Å². The van der Waals surface area contributed by atoms with Crippen molar-refractivity contribution in [3.63, 3.8) is 0 Å². The predicted octanol–water partition coefficient (Wildman–Crippen LogP) is 5.19. The van der Waals surface area contributed by atoms with Crippen LogP contribution in [0.3, 0.4) is 0 Å². The first kappa shape index (κ1) is 15.0. The number of hydrogen-bond donors (Lipinski definition) is 1. The van der Waals surface area contributed by atoms with E-state index in [0.717, 1.165) is 22.5 Å². The van der Waals surface area contributed by atoms with Gasteiger partial charge in [-0.25, -0.2) is 0 Å². The number of halogens is 2. The third kappa shape index (κ3) is 4.61. The van der Waals surface area contributed by atoms with Crippen LogP contribution in [0.15, 0.2) is 22.7 Å². The monoisotopic (exact) mass is 317 g/mol. The fourth-order valence-corrected chi connectivity index (χ4v) is 2.55. The van der Waals surface area contributed by atoms with Crippen molar-refractivity contribution in [1.29, 1.82) is 0 Å². The van der Waals surface area contributed by atoms with Crippen molar-refractivity contribution < 1.29 is 0 Å². The van der Waals surface area contributed by atoms with Gasteiger partial charge in [0, 0.05) is 15.5 Å². The molecule has 0 spiro atoms. The molecule has 3 heteroatoms. The zero-order chi connectivity index (χ0) is 12.8. The Balaban J connectivity index is 2.91. The molecule has 1 nitrogen and oxygen atoms in total. The maximum absolute atomic E-state index is 6.29. The van der Waals surface area contributed by atoms with Gasteiger partial charge in [0.2, 0.25) is 0 Å².